The van der Waals surface area contributed by atoms with Crippen molar-refractivity contribution in [2.45, 2.75) is 63.3 Å². The van der Waals surface area contributed by atoms with Crippen molar-refractivity contribution in [3.05, 3.63) is 17.8 Å². The molecule has 0 bridgehead atoms. The first-order valence-electron chi connectivity index (χ1n) is 7.08. The molecular formula is C15H26N2OS. The number of hydrogen-bond acceptors (Lipinski definition) is 4. The van der Waals surface area contributed by atoms with E-state index < -0.39 is 0 Å². The summed E-state index contributed by atoms with van der Waals surface area (Å²) in [6, 6.07) is 0.683. The van der Waals surface area contributed by atoms with Crippen LogP contribution < -0.4 is 0 Å². The second-order valence-electron chi connectivity index (χ2n) is 6.61. The van der Waals surface area contributed by atoms with Gasteiger partial charge in [0.2, 0.25) is 5.89 Å². The zero-order chi connectivity index (χ0) is 14.0. The van der Waals surface area contributed by atoms with Gasteiger partial charge in [0.1, 0.15) is 5.76 Å². The highest BCUT2D eigenvalue weighted by Gasteiger charge is 2.28. The Morgan fingerprint density at radius 2 is 2.16 bits per heavy atom. The summed E-state index contributed by atoms with van der Waals surface area (Å²) in [5.41, 5.74) is 0.0428. The molecule has 0 radical (unpaired) electrons. The van der Waals surface area contributed by atoms with E-state index in [-0.39, 0.29) is 5.41 Å². The first-order chi connectivity index (χ1) is 8.90. The van der Waals surface area contributed by atoms with Gasteiger partial charge in [0, 0.05) is 16.7 Å². The van der Waals surface area contributed by atoms with E-state index in [0.29, 0.717) is 6.04 Å². The van der Waals surface area contributed by atoms with Crippen molar-refractivity contribution in [3.8, 4) is 0 Å². The van der Waals surface area contributed by atoms with Gasteiger partial charge in [0.25, 0.3) is 0 Å². The van der Waals surface area contributed by atoms with Crippen LogP contribution in [0.15, 0.2) is 10.6 Å². The Morgan fingerprint density at radius 1 is 1.42 bits per heavy atom. The summed E-state index contributed by atoms with van der Waals surface area (Å²) in [6.07, 6.45) is 8.04. The first kappa shape index (κ1) is 14.9. The highest BCUT2D eigenvalue weighted by atomic mass is 32.2. The van der Waals surface area contributed by atoms with Crippen LogP contribution in [-0.2, 0) is 12.0 Å². The summed E-state index contributed by atoms with van der Waals surface area (Å²) < 4.78 is 5.87. The van der Waals surface area contributed by atoms with E-state index in [1.807, 2.05) is 18.0 Å². The average Bonchev–Trinajstić information content (AvgIpc) is 2.95. The van der Waals surface area contributed by atoms with Gasteiger partial charge in [0.05, 0.1) is 12.7 Å². The van der Waals surface area contributed by atoms with Gasteiger partial charge in [-0.1, -0.05) is 20.8 Å². The summed E-state index contributed by atoms with van der Waals surface area (Å²) >= 11 is 2.00. The van der Waals surface area contributed by atoms with Gasteiger partial charge in [-0.15, -0.1) is 0 Å². The highest BCUT2D eigenvalue weighted by Crippen LogP contribution is 2.31. The van der Waals surface area contributed by atoms with Gasteiger partial charge in [-0.25, -0.2) is 4.98 Å². The number of nitrogens with zero attached hydrogens (tertiary/aromatic N) is 2. The topological polar surface area (TPSA) is 29.3 Å². The molecule has 1 heterocycles. The van der Waals surface area contributed by atoms with Crippen LogP contribution in [0.1, 0.15) is 51.7 Å². The van der Waals surface area contributed by atoms with Gasteiger partial charge >= 0.3 is 0 Å². The molecule has 1 aromatic heterocycles. The zero-order valence-corrected chi connectivity index (χ0v) is 13.6. The largest absolute Gasteiger partial charge is 0.444 e. The lowest BCUT2D eigenvalue weighted by molar-refractivity contribution is 0.211. The Labute approximate surface area is 121 Å². The van der Waals surface area contributed by atoms with Crippen molar-refractivity contribution < 1.29 is 4.42 Å². The number of aromatic nitrogens is 1. The molecule has 1 aliphatic carbocycles. The number of oxazole rings is 1. The molecule has 0 aromatic carbocycles. The minimum Gasteiger partial charge on any atom is -0.444 e. The number of hydrogen-bond donors (Lipinski definition) is 0. The Hall–Kier alpha value is -0.480. The maximum Gasteiger partial charge on any atom is 0.208 e. The van der Waals surface area contributed by atoms with Crippen LogP contribution in [0, 0.1) is 0 Å². The van der Waals surface area contributed by atoms with Gasteiger partial charge in [0.15, 0.2) is 0 Å². The second kappa shape index (κ2) is 5.88. The Morgan fingerprint density at radius 3 is 2.68 bits per heavy atom. The van der Waals surface area contributed by atoms with Crippen LogP contribution >= 0.6 is 11.8 Å². The molecule has 0 aliphatic heterocycles. The second-order valence-corrected chi connectivity index (χ2v) is 7.75. The molecule has 2 atom stereocenters. The predicted molar refractivity (Wildman–Crippen MR) is 81.6 cm³/mol. The van der Waals surface area contributed by atoms with Crippen LogP contribution in [0.4, 0.5) is 0 Å². The minimum absolute atomic E-state index is 0.0428. The van der Waals surface area contributed by atoms with Crippen molar-refractivity contribution in [2.75, 3.05) is 13.3 Å². The molecule has 1 fully saturated rings. The van der Waals surface area contributed by atoms with Crippen LogP contribution in [0.25, 0.3) is 0 Å². The van der Waals surface area contributed by atoms with Crippen molar-refractivity contribution in [3.63, 3.8) is 0 Å². The van der Waals surface area contributed by atoms with E-state index in [1.54, 1.807) is 0 Å². The van der Waals surface area contributed by atoms with E-state index >= 15 is 0 Å². The normalized spacial score (nSPS) is 24.3. The molecule has 4 heteroatoms. The predicted octanol–water partition coefficient (Wildman–Crippen LogP) is 3.69. The highest BCUT2D eigenvalue weighted by molar-refractivity contribution is 7.99. The lowest BCUT2D eigenvalue weighted by Gasteiger charge is -2.22. The van der Waals surface area contributed by atoms with Crippen molar-refractivity contribution >= 4 is 11.8 Å². The lowest BCUT2D eigenvalue weighted by Crippen LogP contribution is -2.29. The Bertz CT molecular complexity index is 411. The van der Waals surface area contributed by atoms with E-state index in [1.165, 1.54) is 19.3 Å². The molecule has 1 saturated carbocycles. The molecule has 2 rings (SSSR count). The number of thioether (sulfide) groups is 1. The van der Waals surface area contributed by atoms with Gasteiger partial charge < -0.3 is 4.42 Å². The van der Waals surface area contributed by atoms with Crippen molar-refractivity contribution in [1.82, 2.24) is 9.88 Å². The van der Waals surface area contributed by atoms with E-state index in [4.69, 9.17) is 4.42 Å². The van der Waals surface area contributed by atoms with Crippen LogP contribution in [-0.4, -0.2) is 34.5 Å². The zero-order valence-electron chi connectivity index (χ0n) is 12.8. The van der Waals surface area contributed by atoms with Crippen molar-refractivity contribution in [2.24, 2.45) is 0 Å². The standard InChI is InChI=1S/C15H26N2OS/c1-15(2,3)13-9-16-14(18-13)10-17(4)11-6-7-12(8-11)19-5/h9,11-12H,6-8,10H2,1-5H3. The first-order valence-corrected chi connectivity index (χ1v) is 8.37. The Balaban J connectivity index is 1.92. The molecule has 0 N–H and O–H groups in total. The summed E-state index contributed by atoms with van der Waals surface area (Å²) in [5, 5.41) is 0.835. The molecular weight excluding hydrogens is 256 g/mol. The quantitative estimate of drug-likeness (QED) is 0.842. The molecule has 108 valence electrons. The van der Waals surface area contributed by atoms with E-state index in [0.717, 1.165) is 23.4 Å². The smallest absolute Gasteiger partial charge is 0.208 e. The third kappa shape index (κ3) is 3.76. The fourth-order valence-corrected chi connectivity index (χ4v) is 3.39. The summed E-state index contributed by atoms with van der Waals surface area (Å²) in [4.78, 5) is 6.82. The van der Waals surface area contributed by atoms with Gasteiger partial charge in [-0.3, -0.25) is 4.90 Å². The third-order valence-corrected chi connectivity index (χ3v) is 5.09. The monoisotopic (exact) mass is 282 g/mol. The fraction of sp³-hybridized carbons (Fsp3) is 0.800. The molecule has 0 spiro atoms. The number of rotatable bonds is 4. The summed E-state index contributed by atoms with van der Waals surface area (Å²) in [6.45, 7) is 7.28. The molecule has 3 nitrogen and oxygen atoms in total. The summed E-state index contributed by atoms with van der Waals surface area (Å²) in [7, 11) is 2.19. The van der Waals surface area contributed by atoms with E-state index in [2.05, 4.69) is 44.0 Å². The van der Waals surface area contributed by atoms with E-state index in [9.17, 15) is 0 Å². The lowest BCUT2D eigenvalue weighted by atomic mass is 9.94. The molecule has 19 heavy (non-hydrogen) atoms. The molecule has 1 aromatic rings. The summed E-state index contributed by atoms with van der Waals surface area (Å²) in [5.74, 6) is 1.82. The molecule has 0 amide bonds. The van der Waals surface area contributed by atoms with Crippen LogP contribution in [0.3, 0.4) is 0 Å². The fourth-order valence-electron chi connectivity index (χ4n) is 2.60. The molecule has 2 unspecified atom stereocenters. The molecule has 1 aliphatic rings. The van der Waals surface area contributed by atoms with Gasteiger partial charge in [-0.2, -0.15) is 11.8 Å². The maximum absolute atomic E-state index is 5.87. The third-order valence-electron chi connectivity index (χ3n) is 3.99. The minimum atomic E-state index is 0.0428. The SMILES string of the molecule is CSC1CCC(N(C)Cc2ncc(C(C)(C)C)o2)C1. The van der Waals surface area contributed by atoms with Crippen molar-refractivity contribution in [1.29, 1.82) is 0 Å². The average molecular weight is 282 g/mol. The maximum atomic E-state index is 5.87. The van der Waals surface area contributed by atoms with Crippen LogP contribution in [0.5, 0.6) is 0 Å². The Kier molecular flexibility index (Phi) is 4.62. The van der Waals surface area contributed by atoms with Gasteiger partial charge in [-0.05, 0) is 32.6 Å². The molecule has 0 saturated heterocycles. The van der Waals surface area contributed by atoms with Crippen LogP contribution in [0.2, 0.25) is 0 Å².